The van der Waals surface area contributed by atoms with Crippen molar-refractivity contribution in [2.24, 2.45) is 4.99 Å². The molecule has 15 nitrogen and oxygen atoms in total. The molecule has 5 heterocycles. The number of carboxylic acid groups (broad SMARTS) is 1. The maximum Gasteiger partial charge on any atom is 0.337 e. The molecule has 3 aromatic carbocycles. The first-order valence-corrected chi connectivity index (χ1v) is 20.6. The van der Waals surface area contributed by atoms with Gasteiger partial charge in [-0.2, -0.15) is 0 Å². The highest BCUT2D eigenvalue weighted by Crippen LogP contribution is 2.40. The number of aromatic amines is 1. The van der Waals surface area contributed by atoms with Crippen molar-refractivity contribution >= 4 is 68.9 Å². The number of aromatic carboxylic acids is 1. The van der Waals surface area contributed by atoms with Crippen LogP contribution in [0.5, 0.6) is 5.75 Å². The molecule has 0 bridgehead atoms. The van der Waals surface area contributed by atoms with E-state index in [1.165, 1.54) is 6.20 Å². The number of fused-ring (bicyclic) bond motifs is 4. The molecule has 1 atom stereocenters. The SMILES string of the molecule is Cc1sc2c(c1C)C(c1ccc(Cl)cc1)=N[C@@H](CC(=O)NCc1cn(CCC(=O)NCCOc3ccc(-c4cc5c(C(=O)O)c[nH]c5cc4Cl)cc3)nn1)c1nnc(C)n1-2. The van der Waals surface area contributed by atoms with Crippen LogP contribution in [0.25, 0.3) is 27.0 Å². The Morgan fingerprint density at radius 1 is 0.950 bits per heavy atom. The third kappa shape index (κ3) is 8.39. The van der Waals surface area contributed by atoms with Gasteiger partial charge in [-0.05, 0) is 68.3 Å². The number of H-pyrrole nitrogens is 1. The Balaban J connectivity index is 0.812. The number of carbonyl (C=O) groups excluding carboxylic acids is 2. The summed E-state index contributed by atoms with van der Waals surface area (Å²) < 4.78 is 9.37. The van der Waals surface area contributed by atoms with Crippen LogP contribution in [0.4, 0.5) is 0 Å². The summed E-state index contributed by atoms with van der Waals surface area (Å²) in [5, 5.41) is 35.1. The Morgan fingerprint density at radius 3 is 2.48 bits per heavy atom. The molecular formula is C42H38Cl2N10O5S. The van der Waals surface area contributed by atoms with Crippen LogP contribution in [-0.4, -0.2) is 76.5 Å². The maximum atomic E-state index is 13.4. The fraction of sp³-hybridized carbons (Fsp3) is 0.238. The number of aliphatic imine (C=N–C) groups is 1. The summed E-state index contributed by atoms with van der Waals surface area (Å²) in [5.74, 6) is 0.454. The van der Waals surface area contributed by atoms with Gasteiger partial charge in [-0.15, -0.1) is 26.6 Å². The topological polar surface area (TPSA) is 194 Å². The van der Waals surface area contributed by atoms with E-state index in [1.807, 2.05) is 47.9 Å². The summed E-state index contributed by atoms with van der Waals surface area (Å²) in [6.07, 6.45) is 3.34. The predicted octanol–water partition coefficient (Wildman–Crippen LogP) is 7.18. The van der Waals surface area contributed by atoms with Gasteiger partial charge in [0.25, 0.3) is 0 Å². The number of aryl methyl sites for hydroxylation is 3. The normalized spacial score (nSPS) is 13.3. The van der Waals surface area contributed by atoms with Gasteiger partial charge in [0.1, 0.15) is 34.9 Å². The minimum atomic E-state index is -1.02. The Labute approximate surface area is 357 Å². The molecule has 0 saturated heterocycles. The van der Waals surface area contributed by atoms with Crippen LogP contribution < -0.4 is 15.4 Å². The molecule has 0 saturated carbocycles. The van der Waals surface area contributed by atoms with Crippen LogP contribution in [0.1, 0.15) is 68.2 Å². The highest BCUT2D eigenvalue weighted by atomic mass is 35.5. The minimum Gasteiger partial charge on any atom is -0.492 e. The molecule has 0 fully saturated rings. The van der Waals surface area contributed by atoms with E-state index in [9.17, 15) is 19.5 Å². The summed E-state index contributed by atoms with van der Waals surface area (Å²) >= 11 is 14.4. The van der Waals surface area contributed by atoms with Gasteiger partial charge in [0, 0.05) is 50.1 Å². The number of nitrogens with one attached hydrogen (secondary N) is 3. The van der Waals surface area contributed by atoms with Gasteiger partial charge in [0.2, 0.25) is 11.8 Å². The monoisotopic (exact) mass is 864 g/mol. The van der Waals surface area contributed by atoms with Crippen molar-refractivity contribution in [1.82, 2.24) is 45.4 Å². The molecule has 1 aliphatic rings. The zero-order valence-electron chi connectivity index (χ0n) is 32.6. The van der Waals surface area contributed by atoms with E-state index in [0.29, 0.717) is 62.7 Å². The van der Waals surface area contributed by atoms with Gasteiger partial charge in [-0.1, -0.05) is 52.7 Å². The number of hydrogen-bond donors (Lipinski definition) is 4. The van der Waals surface area contributed by atoms with E-state index in [1.54, 1.807) is 46.5 Å². The van der Waals surface area contributed by atoms with E-state index in [2.05, 4.69) is 50.0 Å². The van der Waals surface area contributed by atoms with Gasteiger partial charge in [0.15, 0.2) is 5.82 Å². The zero-order chi connectivity index (χ0) is 42.1. The van der Waals surface area contributed by atoms with Gasteiger partial charge in [0.05, 0.1) is 48.5 Å². The lowest BCUT2D eigenvalue weighted by atomic mass is 9.99. The molecule has 0 spiro atoms. The molecule has 0 radical (unpaired) electrons. The second kappa shape index (κ2) is 17.1. The Morgan fingerprint density at radius 2 is 1.72 bits per heavy atom. The molecule has 4 aromatic heterocycles. The quantitative estimate of drug-likeness (QED) is 0.0820. The number of hydrogen-bond acceptors (Lipinski definition) is 10. The summed E-state index contributed by atoms with van der Waals surface area (Å²) in [5.41, 5.74) is 6.61. The summed E-state index contributed by atoms with van der Waals surface area (Å²) in [7, 11) is 0. The van der Waals surface area contributed by atoms with Crippen molar-refractivity contribution in [3.8, 4) is 21.9 Å². The van der Waals surface area contributed by atoms with Crippen molar-refractivity contribution in [2.75, 3.05) is 13.2 Å². The van der Waals surface area contributed by atoms with Crippen molar-refractivity contribution < 1.29 is 24.2 Å². The number of rotatable bonds is 14. The molecule has 2 amide bonds. The van der Waals surface area contributed by atoms with Crippen molar-refractivity contribution in [3.63, 3.8) is 0 Å². The van der Waals surface area contributed by atoms with Crippen LogP contribution in [0.15, 0.2) is 78.0 Å². The van der Waals surface area contributed by atoms with E-state index in [4.69, 9.17) is 32.9 Å². The van der Waals surface area contributed by atoms with Crippen molar-refractivity contribution in [3.05, 3.63) is 128 Å². The van der Waals surface area contributed by atoms with Gasteiger partial charge < -0.3 is 25.5 Å². The average Bonchev–Trinajstić information content (AvgIpc) is 4.01. The third-order valence-corrected chi connectivity index (χ3v) is 12.0. The van der Waals surface area contributed by atoms with E-state index < -0.39 is 12.0 Å². The van der Waals surface area contributed by atoms with Gasteiger partial charge in [-0.25, -0.2) is 4.79 Å². The molecule has 0 aliphatic carbocycles. The lowest BCUT2D eigenvalue weighted by Crippen LogP contribution is -2.28. The summed E-state index contributed by atoms with van der Waals surface area (Å²) in [4.78, 5) is 46.9. The number of nitrogens with zero attached hydrogens (tertiary/aromatic N) is 7. The first-order chi connectivity index (χ1) is 28.9. The van der Waals surface area contributed by atoms with Gasteiger partial charge >= 0.3 is 5.97 Å². The molecule has 18 heteroatoms. The number of amides is 2. The largest absolute Gasteiger partial charge is 0.492 e. The van der Waals surface area contributed by atoms with E-state index in [-0.39, 0.29) is 43.4 Å². The third-order valence-electron chi connectivity index (χ3n) is 10.2. The number of aromatic nitrogens is 7. The lowest BCUT2D eigenvalue weighted by molar-refractivity contribution is -0.122. The lowest BCUT2D eigenvalue weighted by Gasteiger charge is -2.13. The highest BCUT2D eigenvalue weighted by Gasteiger charge is 2.32. The fourth-order valence-electron chi connectivity index (χ4n) is 7.03. The number of halogens is 2. The standard InChI is InChI=1S/C42H38Cl2N10O5S/c1-22-23(2)60-41-38(22)39(26-4-8-27(43)9-5-26)48-35(40-51-49-24(3)54(40)41)18-37(56)47-19-28-21-53(52-50-28)14-12-36(55)45-13-15-59-29-10-6-25(7-11-29)30-16-31-32(42(57)58)20-46-34(31)17-33(30)44/h4-11,16-17,20-21,35,46H,12-15,18-19H2,1-3H3,(H,45,55)(H,47,56)(H,57,58)/t35-/m0/s1. The van der Waals surface area contributed by atoms with Crippen molar-refractivity contribution in [1.29, 1.82) is 0 Å². The maximum absolute atomic E-state index is 13.4. The Kier molecular flexibility index (Phi) is 11.5. The second-order valence-corrected chi connectivity index (χ2v) is 16.3. The zero-order valence-corrected chi connectivity index (χ0v) is 35.0. The highest BCUT2D eigenvalue weighted by molar-refractivity contribution is 7.15. The molecule has 0 unspecified atom stereocenters. The summed E-state index contributed by atoms with van der Waals surface area (Å²) in [6, 6.07) is 17.6. The second-order valence-electron chi connectivity index (χ2n) is 14.2. The first-order valence-electron chi connectivity index (χ1n) is 19.0. The Hall–Kier alpha value is -6.36. The number of thiophene rings is 1. The van der Waals surface area contributed by atoms with Crippen LogP contribution in [0.3, 0.4) is 0 Å². The smallest absolute Gasteiger partial charge is 0.337 e. The number of ether oxygens (including phenoxy) is 1. The average molecular weight is 866 g/mol. The van der Waals surface area contributed by atoms with Crippen LogP contribution in [-0.2, 0) is 22.7 Å². The van der Waals surface area contributed by atoms with E-state index in [0.717, 1.165) is 37.8 Å². The molecule has 7 aromatic rings. The van der Waals surface area contributed by atoms with Crippen LogP contribution in [0, 0.1) is 20.8 Å². The summed E-state index contributed by atoms with van der Waals surface area (Å²) in [6.45, 7) is 7.03. The molecule has 60 heavy (non-hydrogen) atoms. The molecular weight excluding hydrogens is 827 g/mol. The molecule has 8 rings (SSSR count). The van der Waals surface area contributed by atoms with Crippen LogP contribution >= 0.6 is 34.5 Å². The molecule has 1 aliphatic heterocycles. The number of benzene rings is 3. The molecule has 306 valence electrons. The van der Waals surface area contributed by atoms with E-state index >= 15 is 0 Å². The minimum absolute atomic E-state index is 0.0303. The number of carbonyl (C=O) groups is 3. The van der Waals surface area contributed by atoms with Crippen LogP contribution in [0.2, 0.25) is 10.0 Å². The van der Waals surface area contributed by atoms with Crippen molar-refractivity contribution in [2.45, 2.75) is 52.7 Å². The predicted molar refractivity (Wildman–Crippen MR) is 229 cm³/mol. The Bertz CT molecular complexity index is 2790. The fourth-order valence-corrected chi connectivity index (χ4v) is 8.65. The molecule has 4 N–H and O–H groups in total. The van der Waals surface area contributed by atoms with Gasteiger partial charge in [-0.3, -0.25) is 23.8 Å². The first kappa shape index (κ1) is 40.4. The number of carboxylic acids is 1.